The third kappa shape index (κ3) is 5.51. The molecule has 3 amide bonds. The second-order valence-corrected chi connectivity index (χ2v) is 9.86. The minimum Gasteiger partial charge on any atom is -0.367 e. The van der Waals surface area contributed by atoms with E-state index in [-0.39, 0.29) is 5.91 Å². The summed E-state index contributed by atoms with van der Waals surface area (Å²) in [6.07, 6.45) is 0. The zero-order valence-electron chi connectivity index (χ0n) is 21.9. The zero-order chi connectivity index (χ0) is 26.5. The Morgan fingerprint density at radius 2 is 1.47 bits per heavy atom. The summed E-state index contributed by atoms with van der Waals surface area (Å²) in [5, 5.41) is 3.29. The normalized spacial score (nSPS) is 17.2. The second-order valence-electron chi connectivity index (χ2n) is 9.86. The van der Waals surface area contributed by atoms with Crippen LogP contribution >= 0.6 is 0 Å². The Bertz CT molecular complexity index is 1240. The van der Waals surface area contributed by atoms with Crippen molar-refractivity contribution in [2.24, 2.45) is 5.73 Å². The Balaban J connectivity index is 1.45. The summed E-state index contributed by atoms with van der Waals surface area (Å²) in [5.41, 5.74) is 10.0. The molecular weight excluding hydrogens is 476 g/mol. The van der Waals surface area contributed by atoms with Crippen molar-refractivity contribution < 1.29 is 9.59 Å². The highest BCUT2D eigenvalue weighted by atomic mass is 16.2. The summed E-state index contributed by atoms with van der Waals surface area (Å²) in [4.78, 5) is 34.3. The molecule has 0 spiro atoms. The van der Waals surface area contributed by atoms with Gasteiger partial charge in [-0.25, -0.2) is 4.79 Å². The first-order valence-corrected chi connectivity index (χ1v) is 13.4. The van der Waals surface area contributed by atoms with Gasteiger partial charge in [0.1, 0.15) is 0 Å². The molecule has 8 heteroatoms. The molecule has 2 heterocycles. The van der Waals surface area contributed by atoms with Gasteiger partial charge in [0.25, 0.3) is 5.91 Å². The van der Waals surface area contributed by atoms with E-state index in [2.05, 4.69) is 46.3 Å². The number of nitrogens with one attached hydrogen (secondary N) is 1. The van der Waals surface area contributed by atoms with Crippen molar-refractivity contribution in [3.05, 3.63) is 90.0 Å². The van der Waals surface area contributed by atoms with Crippen molar-refractivity contribution >= 4 is 29.0 Å². The van der Waals surface area contributed by atoms with Crippen LogP contribution in [0.3, 0.4) is 0 Å². The highest BCUT2D eigenvalue weighted by Crippen LogP contribution is 2.37. The molecule has 0 bridgehead atoms. The molecule has 0 aromatic heterocycles. The maximum atomic E-state index is 13.4. The number of carbonyl (C=O) groups excluding carboxylic acids is 2. The first-order valence-electron chi connectivity index (χ1n) is 13.4. The van der Waals surface area contributed by atoms with E-state index in [1.165, 1.54) is 10.5 Å². The minimum atomic E-state index is -0.583. The monoisotopic (exact) mass is 512 g/mol. The van der Waals surface area contributed by atoms with Crippen molar-refractivity contribution in [3.8, 4) is 0 Å². The number of para-hydroxylation sites is 1. The first-order chi connectivity index (χ1) is 18.5. The summed E-state index contributed by atoms with van der Waals surface area (Å²) in [5.74, 6) is -0.0294. The van der Waals surface area contributed by atoms with Crippen molar-refractivity contribution in [2.45, 2.75) is 13.0 Å². The highest BCUT2D eigenvalue weighted by Gasteiger charge is 2.28. The van der Waals surface area contributed by atoms with Crippen LogP contribution in [0, 0.1) is 0 Å². The molecule has 1 atom stereocenters. The molecule has 1 unspecified atom stereocenters. The smallest absolute Gasteiger partial charge is 0.323 e. The van der Waals surface area contributed by atoms with Crippen LogP contribution in [-0.4, -0.2) is 74.1 Å². The molecular formula is C30H36N6O2. The fourth-order valence-corrected chi connectivity index (χ4v) is 5.41. The molecule has 0 saturated carbocycles. The number of anilines is 3. The van der Waals surface area contributed by atoms with Gasteiger partial charge in [0.15, 0.2) is 0 Å². The Labute approximate surface area is 224 Å². The molecule has 0 radical (unpaired) electrons. The van der Waals surface area contributed by atoms with E-state index >= 15 is 0 Å². The maximum Gasteiger partial charge on any atom is 0.323 e. The van der Waals surface area contributed by atoms with Crippen molar-refractivity contribution in [3.63, 3.8) is 0 Å². The van der Waals surface area contributed by atoms with Crippen molar-refractivity contribution in [1.29, 1.82) is 0 Å². The maximum absolute atomic E-state index is 13.4. The van der Waals surface area contributed by atoms with Crippen LogP contribution < -0.4 is 20.9 Å². The Kier molecular flexibility index (Phi) is 7.91. The van der Waals surface area contributed by atoms with Crippen LogP contribution in [0.4, 0.5) is 21.9 Å². The number of amides is 3. The van der Waals surface area contributed by atoms with Crippen molar-refractivity contribution in [1.82, 2.24) is 15.1 Å². The molecule has 198 valence electrons. The molecule has 2 aliphatic rings. The molecule has 0 aliphatic carbocycles. The lowest BCUT2D eigenvalue weighted by Crippen LogP contribution is -2.48. The van der Waals surface area contributed by atoms with Gasteiger partial charge in [-0.05, 0) is 42.8 Å². The number of rotatable bonds is 6. The standard InChI is InChI=1S/C30H36N6O2/c1-23(24-8-4-2-5-9-24)33-18-20-34(21-19-33)27-13-12-25(29(37)35-16-14-32-15-17-35)22-28(27)36(30(31)38)26-10-6-3-7-11-26/h2-13,22-23,32H,14-21H2,1H3,(H2,31,38). The van der Waals surface area contributed by atoms with Gasteiger partial charge < -0.3 is 20.9 Å². The van der Waals surface area contributed by atoms with Crippen LogP contribution in [0.2, 0.25) is 0 Å². The lowest BCUT2D eigenvalue weighted by molar-refractivity contribution is 0.0736. The second kappa shape index (κ2) is 11.7. The topological polar surface area (TPSA) is 85.2 Å². The van der Waals surface area contributed by atoms with Gasteiger partial charge in [0.2, 0.25) is 0 Å². The Morgan fingerprint density at radius 3 is 2.11 bits per heavy atom. The fraction of sp³-hybridized carbons (Fsp3) is 0.333. The number of hydrogen-bond donors (Lipinski definition) is 2. The van der Waals surface area contributed by atoms with E-state index in [0.29, 0.717) is 36.1 Å². The third-order valence-corrected chi connectivity index (χ3v) is 7.59. The van der Waals surface area contributed by atoms with Crippen molar-refractivity contribution in [2.75, 3.05) is 62.2 Å². The van der Waals surface area contributed by atoms with Crippen LogP contribution in [0.15, 0.2) is 78.9 Å². The summed E-state index contributed by atoms with van der Waals surface area (Å²) < 4.78 is 0. The van der Waals surface area contributed by atoms with E-state index in [4.69, 9.17) is 5.73 Å². The third-order valence-electron chi connectivity index (χ3n) is 7.59. The predicted octanol–water partition coefficient (Wildman–Crippen LogP) is 3.83. The van der Waals surface area contributed by atoms with Crippen LogP contribution in [0.1, 0.15) is 28.9 Å². The Hall–Kier alpha value is -3.88. The predicted molar refractivity (Wildman–Crippen MR) is 152 cm³/mol. The molecule has 2 saturated heterocycles. The molecule has 2 fully saturated rings. The lowest BCUT2D eigenvalue weighted by atomic mass is 10.1. The van der Waals surface area contributed by atoms with Gasteiger partial charge in [-0.15, -0.1) is 0 Å². The Morgan fingerprint density at radius 1 is 0.842 bits per heavy atom. The number of piperazine rings is 2. The van der Waals surface area contributed by atoms with E-state index in [0.717, 1.165) is 45.0 Å². The summed E-state index contributed by atoms with van der Waals surface area (Å²) >= 11 is 0. The van der Waals surface area contributed by atoms with Gasteiger partial charge in [-0.2, -0.15) is 0 Å². The molecule has 2 aliphatic heterocycles. The van der Waals surface area contributed by atoms with Gasteiger partial charge in [0.05, 0.1) is 17.1 Å². The average molecular weight is 513 g/mol. The van der Waals surface area contributed by atoms with Gasteiger partial charge in [-0.3, -0.25) is 14.6 Å². The summed E-state index contributed by atoms with van der Waals surface area (Å²) in [7, 11) is 0. The van der Waals surface area contributed by atoms with Crippen LogP contribution in [0.25, 0.3) is 0 Å². The number of carbonyl (C=O) groups is 2. The SMILES string of the molecule is CC(c1ccccc1)N1CCN(c2ccc(C(=O)N3CCNCC3)cc2N(C(N)=O)c2ccccc2)CC1. The van der Waals surface area contributed by atoms with E-state index in [1.54, 1.807) is 0 Å². The fourth-order valence-electron chi connectivity index (χ4n) is 5.41. The molecule has 38 heavy (non-hydrogen) atoms. The molecule has 3 aromatic rings. The van der Waals surface area contributed by atoms with Crippen LogP contribution in [-0.2, 0) is 0 Å². The average Bonchev–Trinajstić information content (AvgIpc) is 2.98. The number of hydrogen-bond acceptors (Lipinski definition) is 5. The first kappa shape index (κ1) is 25.8. The highest BCUT2D eigenvalue weighted by molar-refractivity contribution is 6.04. The number of nitrogens with zero attached hydrogens (tertiary/aromatic N) is 4. The van der Waals surface area contributed by atoms with Gasteiger partial charge in [0, 0.05) is 64.0 Å². The molecule has 8 nitrogen and oxygen atoms in total. The summed E-state index contributed by atoms with van der Waals surface area (Å²) in [6.45, 7) is 8.51. The van der Waals surface area contributed by atoms with Gasteiger partial charge >= 0.3 is 6.03 Å². The largest absolute Gasteiger partial charge is 0.367 e. The number of nitrogens with two attached hydrogens (primary N) is 1. The minimum absolute atomic E-state index is 0.0294. The molecule has 5 rings (SSSR count). The summed E-state index contributed by atoms with van der Waals surface area (Å²) in [6, 6.07) is 25.4. The quantitative estimate of drug-likeness (QED) is 0.524. The van der Waals surface area contributed by atoms with E-state index < -0.39 is 6.03 Å². The number of benzene rings is 3. The lowest BCUT2D eigenvalue weighted by Gasteiger charge is -2.40. The van der Waals surface area contributed by atoms with Crippen LogP contribution in [0.5, 0.6) is 0 Å². The van der Waals surface area contributed by atoms with E-state index in [1.807, 2.05) is 59.5 Å². The van der Waals surface area contributed by atoms with E-state index in [9.17, 15) is 9.59 Å². The molecule has 3 aromatic carbocycles. The molecule has 3 N–H and O–H groups in total. The zero-order valence-corrected chi connectivity index (χ0v) is 21.9. The van der Waals surface area contributed by atoms with Gasteiger partial charge in [-0.1, -0.05) is 48.5 Å². The number of urea groups is 1. The number of primary amides is 1.